The van der Waals surface area contributed by atoms with Crippen LogP contribution in [0.2, 0.25) is 0 Å². The van der Waals surface area contributed by atoms with E-state index in [-0.39, 0.29) is 23.0 Å². The Balaban J connectivity index is 1.81. The van der Waals surface area contributed by atoms with E-state index in [1.54, 1.807) is 0 Å². The van der Waals surface area contributed by atoms with E-state index in [0.29, 0.717) is 32.7 Å². The fraction of sp³-hybridized carbons (Fsp3) is 0.0303. The van der Waals surface area contributed by atoms with E-state index in [0.717, 1.165) is 22.3 Å². The smallest absolute Gasteiger partial charge is 0.127 e. The van der Waals surface area contributed by atoms with Gasteiger partial charge >= 0.3 is 0 Å². The molecule has 0 heterocycles. The fourth-order valence-corrected chi connectivity index (χ4v) is 6.37. The molecule has 4 nitrogen and oxygen atoms in total. The van der Waals surface area contributed by atoms with Crippen LogP contribution in [-0.2, 0) is 5.41 Å². The molecule has 0 aromatic heterocycles. The largest absolute Gasteiger partial charge is 0.507 e. The molecule has 7 rings (SSSR count). The van der Waals surface area contributed by atoms with Gasteiger partial charge in [0.05, 0.1) is 5.41 Å². The van der Waals surface area contributed by atoms with E-state index in [9.17, 15) is 20.4 Å². The average molecular weight is 483 g/mol. The minimum absolute atomic E-state index is 0.0219. The molecule has 0 amide bonds. The molecule has 0 spiro atoms. The zero-order valence-corrected chi connectivity index (χ0v) is 19.7. The Morgan fingerprint density at radius 1 is 0.378 bits per heavy atom. The normalized spacial score (nSPS) is 13.5. The van der Waals surface area contributed by atoms with E-state index < -0.39 is 5.41 Å². The van der Waals surface area contributed by atoms with E-state index in [2.05, 4.69) is 12.1 Å². The van der Waals surface area contributed by atoms with Crippen LogP contribution in [-0.4, -0.2) is 20.4 Å². The Labute approximate surface area is 213 Å². The van der Waals surface area contributed by atoms with Crippen molar-refractivity contribution in [2.24, 2.45) is 0 Å². The second-order valence-corrected chi connectivity index (χ2v) is 9.51. The van der Waals surface area contributed by atoms with Gasteiger partial charge in [-0.3, -0.25) is 0 Å². The molecule has 4 heteroatoms. The maximum absolute atomic E-state index is 11.7. The lowest BCUT2D eigenvalue weighted by Crippen LogP contribution is -2.29. The number of rotatable bonds is 2. The van der Waals surface area contributed by atoms with Crippen molar-refractivity contribution in [3.8, 4) is 34.1 Å². The Kier molecular flexibility index (Phi) is 4.33. The lowest BCUT2D eigenvalue weighted by molar-refractivity contribution is 0.437. The first-order chi connectivity index (χ1) is 18.0. The first-order valence-electron chi connectivity index (χ1n) is 12.1. The molecule has 1 aliphatic rings. The Bertz CT molecular complexity index is 1750. The van der Waals surface area contributed by atoms with Crippen LogP contribution < -0.4 is 0 Å². The summed E-state index contributed by atoms with van der Waals surface area (Å²) in [5, 5.41) is 47.4. The molecule has 0 saturated heterocycles. The monoisotopic (exact) mass is 482 g/mol. The van der Waals surface area contributed by atoms with Crippen molar-refractivity contribution in [3.05, 3.63) is 131 Å². The van der Waals surface area contributed by atoms with Gasteiger partial charge in [-0.05, 0) is 33.0 Å². The molecule has 0 unspecified atom stereocenters. The summed E-state index contributed by atoms with van der Waals surface area (Å²) >= 11 is 0. The Hall–Kier alpha value is -4.96. The van der Waals surface area contributed by atoms with Crippen LogP contribution in [0.3, 0.4) is 0 Å². The first-order valence-corrected chi connectivity index (χ1v) is 12.1. The zero-order valence-electron chi connectivity index (χ0n) is 19.7. The van der Waals surface area contributed by atoms with Crippen molar-refractivity contribution in [2.45, 2.75) is 5.41 Å². The van der Waals surface area contributed by atoms with Crippen molar-refractivity contribution < 1.29 is 20.4 Å². The third-order valence-electron chi connectivity index (χ3n) is 7.71. The minimum Gasteiger partial charge on any atom is -0.507 e. The van der Waals surface area contributed by atoms with Crippen LogP contribution >= 0.6 is 0 Å². The summed E-state index contributed by atoms with van der Waals surface area (Å²) in [7, 11) is 0. The van der Waals surface area contributed by atoms with Gasteiger partial charge < -0.3 is 20.4 Å². The Morgan fingerprint density at radius 3 is 1.16 bits per heavy atom. The highest BCUT2D eigenvalue weighted by Crippen LogP contribution is 2.62. The highest BCUT2D eigenvalue weighted by atomic mass is 16.3. The molecule has 0 saturated carbocycles. The number of hydrogen-bond donors (Lipinski definition) is 4. The summed E-state index contributed by atoms with van der Waals surface area (Å²) in [6.45, 7) is 0. The molecular weight excluding hydrogens is 460 g/mol. The van der Waals surface area contributed by atoms with Crippen LogP contribution in [0.1, 0.15) is 22.3 Å². The summed E-state index contributed by atoms with van der Waals surface area (Å²) in [4.78, 5) is 0. The van der Waals surface area contributed by atoms with Crippen molar-refractivity contribution in [3.63, 3.8) is 0 Å². The summed E-state index contributed by atoms with van der Waals surface area (Å²) in [5.74, 6) is -0.212. The van der Waals surface area contributed by atoms with Gasteiger partial charge in [-0.15, -0.1) is 0 Å². The molecule has 0 radical (unpaired) electrons. The molecule has 37 heavy (non-hydrogen) atoms. The van der Waals surface area contributed by atoms with Crippen LogP contribution in [0.4, 0.5) is 0 Å². The van der Waals surface area contributed by atoms with Crippen LogP contribution in [0.25, 0.3) is 32.7 Å². The molecule has 4 N–H and O–H groups in total. The number of phenols is 4. The summed E-state index contributed by atoms with van der Waals surface area (Å²) in [5.41, 5.74) is 3.75. The maximum Gasteiger partial charge on any atom is 0.127 e. The van der Waals surface area contributed by atoms with Crippen LogP contribution in [0.5, 0.6) is 23.0 Å². The SMILES string of the molecule is Oc1cc(O)c2ccccc2c1C1(c2c(O)cc(O)c3ccccc23)c2ccccc2-c2ccccc21. The molecule has 178 valence electrons. The summed E-state index contributed by atoms with van der Waals surface area (Å²) < 4.78 is 0. The Morgan fingerprint density at radius 2 is 0.730 bits per heavy atom. The number of phenolic OH excluding ortho intramolecular Hbond substituents is 4. The number of aromatic hydroxyl groups is 4. The highest BCUT2D eigenvalue weighted by molar-refractivity contribution is 6.03. The third kappa shape index (κ3) is 2.67. The third-order valence-corrected chi connectivity index (χ3v) is 7.71. The van der Waals surface area contributed by atoms with Gasteiger partial charge in [0.25, 0.3) is 0 Å². The molecule has 0 atom stereocenters. The van der Waals surface area contributed by atoms with E-state index in [1.807, 2.05) is 84.9 Å². The van der Waals surface area contributed by atoms with E-state index in [1.165, 1.54) is 12.1 Å². The number of benzene rings is 6. The van der Waals surface area contributed by atoms with Crippen LogP contribution in [0.15, 0.2) is 109 Å². The van der Waals surface area contributed by atoms with Gasteiger partial charge in [-0.25, -0.2) is 0 Å². The minimum atomic E-state index is -1.15. The topological polar surface area (TPSA) is 80.9 Å². The van der Waals surface area contributed by atoms with Crippen molar-refractivity contribution in [2.75, 3.05) is 0 Å². The number of hydrogen-bond acceptors (Lipinski definition) is 4. The second-order valence-electron chi connectivity index (χ2n) is 9.51. The highest BCUT2D eigenvalue weighted by Gasteiger charge is 2.50. The van der Waals surface area contributed by atoms with Gasteiger partial charge in [0.1, 0.15) is 23.0 Å². The van der Waals surface area contributed by atoms with Gasteiger partial charge in [0.15, 0.2) is 0 Å². The number of fused-ring (bicyclic) bond motifs is 5. The quantitative estimate of drug-likeness (QED) is 0.210. The average Bonchev–Trinajstić information content (AvgIpc) is 3.20. The molecule has 0 aliphatic heterocycles. The summed E-state index contributed by atoms with van der Waals surface area (Å²) in [6, 6.07) is 33.6. The van der Waals surface area contributed by atoms with Crippen molar-refractivity contribution in [1.29, 1.82) is 0 Å². The molecular formula is C33H22O4. The fourth-order valence-electron chi connectivity index (χ4n) is 6.37. The van der Waals surface area contributed by atoms with Gasteiger partial charge in [-0.1, -0.05) is 97.1 Å². The summed E-state index contributed by atoms with van der Waals surface area (Å²) in [6.07, 6.45) is 0. The van der Waals surface area contributed by atoms with E-state index in [4.69, 9.17) is 0 Å². The first kappa shape index (κ1) is 21.3. The van der Waals surface area contributed by atoms with Crippen LogP contribution in [0, 0.1) is 0 Å². The predicted octanol–water partition coefficient (Wildman–Crippen LogP) is 7.18. The second kappa shape index (κ2) is 7.52. The standard InChI is InChI=1S/C33H22O4/c34-27-17-29(36)31(23-13-3-1-11-21(23)27)33(32-24-14-4-2-12-22(24)28(35)18-30(32)37)25-15-7-5-9-19(25)20-10-6-8-16-26(20)33/h1-18,34-37H. The van der Waals surface area contributed by atoms with Gasteiger partial charge in [0.2, 0.25) is 0 Å². The maximum atomic E-state index is 11.7. The molecule has 6 aromatic rings. The molecule has 6 aromatic carbocycles. The van der Waals surface area contributed by atoms with Crippen molar-refractivity contribution in [1.82, 2.24) is 0 Å². The molecule has 1 aliphatic carbocycles. The van der Waals surface area contributed by atoms with E-state index >= 15 is 0 Å². The molecule has 0 fully saturated rings. The predicted molar refractivity (Wildman–Crippen MR) is 145 cm³/mol. The lowest BCUT2D eigenvalue weighted by Gasteiger charge is -2.36. The zero-order chi connectivity index (χ0) is 25.3. The van der Waals surface area contributed by atoms with Gasteiger partial charge in [-0.2, -0.15) is 0 Å². The molecule has 0 bridgehead atoms. The lowest BCUT2D eigenvalue weighted by atomic mass is 9.64. The van der Waals surface area contributed by atoms with Crippen molar-refractivity contribution >= 4 is 21.5 Å². The van der Waals surface area contributed by atoms with Gasteiger partial charge in [0, 0.05) is 34.0 Å².